The molecule has 1 heterocycles. The number of alkyl carbamates (subject to hydrolysis) is 1. The van der Waals surface area contributed by atoms with Crippen LogP contribution in [0, 0.1) is 0 Å². The highest BCUT2D eigenvalue weighted by molar-refractivity contribution is 5.68. The molecule has 1 fully saturated rings. The van der Waals surface area contributed by atoms with E-state index in [1.165, 1.54) is 0 Å². The van der Waals surface area contributed by atoms with Gasteiger partial charge in [0.2, 0.25) is 0 Å². The third-order valence-electron chi connectivity index (χ3n) is 3.38. The first kappa shape index (κ1) is 15.5. The second-order valence-electron chi connectivity index (χ2n) is 6.53. The number of hydrogen-bond donors (Lipinski definition) is 2. The highest BCUT2D eigenvalue weighted by atomic mass is 16.6. The molecule has 21 heavy (non-hydrogen) atoms. The summed E-state index contributed by atoms with van der Waals surface area (Å²) in [7, 11) is 0. The maximum Gasteiger partial charge on any atom is 0.407 e. The number of piperidine rings is 1. The van der Waals surface area contributed by atoms with Crippen molar-refractivity contribution in [3.05, 3.63) is 24.3 Å². The number of carbonyl (C=O) groups is 1. The third-order valence-corrected chi connectivity index (χ3v) is 3.38. The summed E-state index contributed by atoms with van der Waals surface area (Å²) in [5.74, 6) is 0. The van der Waals surface area contributed by atoms with Crippen LogP contribution in [0.4, 0.5) is 16.2 Å². The predicted octanol–water partition coefficient (Wildman–Crippen LogP) is 2.76. The van der Waals surface area contributed by atoms with Crippen LogP contribution in [0.3, 0.4) is 0 Å². The van der Waals surface area contributed by atoms with Gasteiger partial charge in [-0.1, -0.05) is 6.07 Å². The lowest BCUT2D eigenvalue weighted by atomic mass is 10.0. The summed E-state index contributed by atoms with van der Waals surface area (Å²) in [5, 5.41) is 2.96. The van der Waals surface area contributed by atoms with E-state index in [0.717, 1.165) is 37.3 Å². The Morgan fingerprint density at radius 1 is 1.43 bits per heavy atom. The van der Waals surface area contributed by atoms with E-state index in [9.17, 15) is 4.79 Å². The van der Waals surface area contributed by atoms with Crippen LogP contribution < -0.4 is 16.0 Å². The summed E-state index contributed by atoms with van der Waals surface area (Å²) in [6.07, 6.45) is 1.66. The average Bonchev–Trinajstić information content (AvgIpc) is 2.36. The summed E-state index contributed by atoms with van der Waals surface area (Å²) in [6, 6.07) is 7.96. The Hall–Kier alpha value is -1.91. The van der Waals surface area contributed by atoms with Gasteiger partial charge in [0.05, 0.1) is 0 Å². The molecule has 1 aliphatic rings. The molecule has 0 bridgehead atoms. The molecule has 1 atom stereocenters. The van der Waals surface area contributed by atoms with Gasteiger partial charge in [-0.15, -0.1) is 0 Å². The number of nitrogens with zero attached hydrogens (tertiary/aromatic N) is 1. The molecule has 5 heteroatoms. The van der Waals surface area contributed by atoms with Crippen molar-refractivity contribution < 1.29 is 9.53 Å². The van der Waals surface area contributed by atoms with E-state index < -0.39 is 5.60 Å². The lowest BCUT2D eigenvalue weighted by molar-refractivity contribution is 0.0500. The van der Waals surface area contributed by atoms with Gasteiger partial charge in [0, 0.05) is 30.5 Å². The number of benzene rings is 1. The van der Waals surface area contributed by atoms with E-state index in [-0.39, 0.29) is 12.1 Å². The Labute approximate surface area is 126 Å². The quantitative estimate of drug-likeness (QED) is 0.822. The number of amides is 1. The molecule has 5 nitrogen and oxygen atoms in total. The van der Waals surface area contributed by atoms with Gasteiger partial charge in [0.15, 0.2) is 0 Å². The van der Waals surface area contributed by atoms with E-state index in [1.54, 1.807) is 0 Å². The summed E-state index contributed by atoms with van der Waals surface area (Å²) in [6.45, 7) is 7.37. The van der Waals surface area contributed by atoms with Crippen LogP contribution >= 0.6 is 0 Å². The van der Waals surface area contributed by atoms with E-state index >= 15 is 0 Å². The zero-order valence-electron chi connectivity index (χ0n) is 13.1. The normalized spacial score (nSPS) is 19.2. The highest BCUT2D eigenvalue weighted by Crippen LogP contribution is 2.22. The van der Waals surface area contributed by atoms with Crippen LogP contribution in [-0.2, 0) is 4.74 Å². The number of hydrogen-bond acceptors (Lipinski definition) is 4. The Bertz CT molecular complexity index is 497. The van der Waals surface area contributed by atoms with Crippen LogP contribution in [0.2, 0.25) is 0 Å². The molecule has 0 radical (unpaired) electrons. The van der Waals surface area contributed by atoms with Crippen LogP contribution in [0.5, 0.6) is 0 Å². The first-order chi connectivity index (χ1) is 9.83. The van der Waals surface area contributed by atoms with E-state index in [2.05, 4.69) is 10.2 Å². The minimum absolute atomic E-state index is 0.107. The fourth-order valence-electron chi connectivity index (χ4n) is 2.53. The topological polar surface area (TPSA) is 67.6 Å². The van der Waals surface area contributed by atoms with Gasteiger partial charge < -0.3 is 20.7 Å². The van der Waals surface area contributed by atoms with Crippen molar-refractivity contribution in [2.24, 2.45) is 0 Å². The van der Waals surface area contributed by atoms with Crippen LogP contribution in [0.15, 0.2) is 24.3 Å². The van der Waals surface area contributed by atoms with Crippen molar-refractivity contribution in [1.82, 2.24) is 5.32 Å². The zero-order valence-corrected chi connectivity index (χ0v) is 13.1. The van der Waals surface area contributed by atoms with Gasteiger partial charge in [0.1, 0.15) is 5.60 Å². The molecule has 3 N–H and O–H groups in total. The average molecular weight is 291 g/mol. The van der Waals surface area contributed by atoms with Gasteiger partial charge in [-0.3, -0.25) is 0 Å². The Morgan fingerprint density at radius 2 is 2.19 bits per heavy atom. The largest absolute Gasteiger partial charge is 0.444 e. The Balaban J connectivity index is 1.93. The van der Waals surface area contributed by atoms with Crippen molar-refractivity contribution in [2.75, 3.05) is 23.7 Å². The molecule has 1 amide bonds. The van der Waals surface area contributed by atoms with Gasteiger partial charge in [-0.05, 0) is 51.8 Å². The van der Waals surface area contributed by atoms with Crippen molar-refractivity contribution >= 4 is 17.5 Å². The Kier molecular flexibility index (Phi) is 4.60. The van der Waals surface area contributed by atoms with Crippen LogP contribution in [0.1, 0.15) is 33.6 Å². The standard InChI is InChI=1S/C16H25N3O2/c1-16(2,3)21-15(20)18-13-7-5-9-19(11-13)14-8-4-6-12(17)10-14/h4,6,8,10,13H,5,7,9,11,17H2,1-3H3,(H,18,20)/t13-/m1/s1. The maximum absolute atomic E-state index is 11.9. The molecule has 116 valence electrons. The van der Waals surface area contributed by atoms with Crippen molar-refractivity contribution in [1.29, 1.82) is 0 Å². The first-order valence-electron chi connectivity index (χ1n) is 7.43. The fourth-order valence-corrected chi connectivity index (χ4v) is 2.53. The zero-order chi connectivity index (χ0) is 15.5. The predicted molar refractivity (Wildman–Crippen MR) is 85.5 cm³/mol. The van der Waals surface area contributed by atoms with Crippen LogP contribution in [-0.4, -0.2) is 30.8 Å². The summed E-state index contributed by atoms with van der Waals surface area (Å²) >= 11 is 0. The smallest absolute Gasteiger partial charge is 0.407 e. The SMILES string of the molecule is CC(C)(C)OC(=O)N[C@@H]1CCCN(c2cccc(N)c2)C1. The highest BCUT2D eigenvalue weighted by Gasteiger charge is 2.24. The van der Waals surface area contributed by atoms with Gasteiger partial charge in [-0.25, -0.2) is 4.79 Å². The maximum atomic E-state index is 11.9. The second kappa shape index (κ2) is 6.24. The van der Waals surface area contributed by atoms with Gasteiger partial charge >= 0.3 is 6.09 Å². The number of nitrogens with two attached hydrogens (primary N) is 1. The lowest BCUT2D eigenvalue weighted by Crippen LogP contribution is -2.49. The second-order valence-corrected chi connectivity index (χ2v) is 6.53. The summed E-state index contributed by atoms with van der Waals surface area (Å²) in [4.78, 5) is 14.1. The lowest BCUT2D eigenvalue weighted by Gasteiger charge is -2.35. The number of rotatable bonds is 2. The molecular weight excluding hydrogens is 266 g/mol. The number of anilines is 2. The molecule has 0 unspecified atom stereocenters. The molecule has 1 aromatic carbocycles. The number of ether oxygens (including phenoxy) is 1. The number of nitrogen functional groups attached to an aromatic ring is 1. The minimum atomic E-state index is -0.466. The molecule has 0 saturated carbocycles. The van der Waals surface area contributed by atoms with Gasteiger partial charge in [-0.2, -0.15) is 0 Å². The van der Waals surface area contributed by atoms with E-state index in [1.807, 2.05) is 45.0 Å². The van der Waals surface area contributed by atoms with Crippen LogP contribution in [0.25, 0.3) is 0 Å². The number of nitrogens with one attached hydrogen (secondary N) is 1. The molecule has 0 aliphatic carbocycles. The van der Waals surface area contributed by atoms with E-state index in [0.29, 0.717) is 0 Å². The summed E-state index contributed by atoms with van der Waals surface area (Å²) < 4.78 is 5.31. The fraction of sp³-hybridized carbons (Fsp3) is 0.562. The molecular formula is C16H25N3O2. The third kappa shape index (κ3) is 4.85. The minimum Gasteiger partial charge on any atom is -0.444 e. The van der Waals surface area contributed by atoms with E-state index in [4.69, 9.17) is 10.5 Å². The first-order valence-corrected chi connectivity index (χ1v) is 7.43. The van der Waals surface area contributed by atoms with Crippen molar-refractivity contribution in [3.8, 4) is 0 Å². The number of carbonyl (C=O) groups excluding carboxylic acids is 1. The molecule has 0 aromatic heterocycles. The monoisotopic (exact) mass is 291 g/mol. The summed E-state index contributed by atoms with van der Waals surface area (Å²) in [5.41, 5.74) is 7.23. The van der Waals surface area contributed by atoms with Gasteiger partial charge in [0.25, 0.3) is 0 Å². The molecule has 1 aromatic rings. The van der Waals surface area contributed by atoms with Crippen molar-refractivity contribution in [3.63, 3.8) is 0 Å². The Morgan fingerprint density at radius 3 is 2.86 bits per heavy atom. The molecule has 1 saturated heterocycles. The molecule has 1 aliphatic heterocycles. The molecule has 0 spiro atoms. The van der Waals surface area contributed by atoms with Crippen molar-refractivity contribution in [2.45, 2.75) is 45.3 Å². The molecule has 2 rings (SSSR count).